The molecule has 6 heteroatoms. The summed E-state index contributed by atoms with van der Waals surface area (Å²) >= 11 is 0. The van der Waals surface area contributed by atoms with Crippen molar-refractivity contribution in [1.29, 1.82) is 0 Å². The molecule has 6 nitrogen and oxygen atoms in total. The van der Waals surface area contributed by atoms with Gasteiger partial charge in [0.25, 0.3) is 0 Å². The highest BCUT2D eigenvalue weighted by atomic mass is 16.4. The Kier molecular flexibility index (Phi) is 4.52. The van der Waals surface area contributed by atoms with Gasteiger partial charge in [-0.15, -0.1) is 0 Å². The SMILES string of the molecule is C/C(=N\C(N)=Nc1ccc2ccccc2n1)c1ccccc1C(=O)O. The standard InChI is InChI=1S/C19H16N4O2/c1-12(14-7-3-4-8-15(14)18(24)25)21-19(20)23-17-11-10-13-6-2-5-9-16(13)22-17/h2-11H,1H3,(H,24,25)(H2,20,22,23)/b21-12+. The number of benzene rings is 2. The molecule has 0 unspecified atom stereocenters. The van der Waals surface area contributed by atoms with E-state index in [0.29, 0.717) is 17.1 Å². The second kappa shape index (κ2) is 6.92. The maximum atomic E-state index is 11.3. The Morgan fingerprint density at radius 1 is 1.00 bits per heavy atom. The number of nitrogens with two attached hydrogens (primary N) is 1. The summed E-state index contributed by atoms with van der Waals surface area (Å²) in [6.07, 6.45) is 0. The maximum absolute atomic E-state index is 11.3. The van der Waals surface area contributed by atoms with E-state index in [2.05, 4.69) is 15.0 Å². The topological polar surface area (TPSA) is 101 Å². The van der Waals surface area contributed by atoms with Gasteiger partial charge < -0.3 is 10.8 Å². The van der Waals surface area contributed by atoms with Crippen LogP contribution in [0.2, 0.25) is 0 Å². The van der Waals surface area contributed by atoms with Crippen LogP contribution >= 0.6 is 0 Å². The van der Waals surface area contributed by atoms with Crippen LogP contribution in [-0.2, 0) is 0 Å². The Morgan fingerprint density at radius 2 is 1.68 bits per heavy atom. The van der Waals surface area contributed by atoms with Crippen molar-refractivity contribution in [2.24, 2.45) is 15.7 Å². The van der Waals surface area contributed by atoms with Crippen LogP contribution in [0.15, 0.2) is 70.6 Å². The van der Waals surface area contributed by atoms with E-state index in [1.165, 1.54) is 6.07 Å². The van der Waals surface area contributed by atoms with E-state index < -0.39 is 5.97 Å². The second-order valence-electron chi connectivity index (χ2n) is 5.38. The molecule has 1 aromatic heterocycles. The van der Waals surface area contributed by atoms with Gasteiger partial charge in [0.15, 0.2) is 5.82 Å². The zero-order valence-electron chi connectivity index (χ0n) is 13.5. The quantitative estimate of drug-likeness (QED) is 0.567. The van der Waals surface area contributed by atoms with E-state index in [1.54, 1.807) is 31.2 Å². The number of aromatic carboxylic acids is 1. The van der Waals surface area contributed by atoms with Crippen LogP contribution in [0.25, 0.3) is 10.9 Å². The van der Waals surface area contributed by atoms with Crippen molar-refractivity contribution < 1.29 is 9.90 Å². The van der Waals surface area contributed by atoms with Gasteiger partial charge in [-0.05, 0) is 31.2 Å². The van der Waals surface area contributed by atoms with Crippen LogP contribution in [0, 0.1) is 0 Å². The molecule has 0 atom stereocenters. The first-order valence-corrected chi connectivity index (χ1v) is 7.62. The Hall–Kier alpha value is -3.54. The number of hydrogen-bond donors (Lipinski definition) is 2. The summed E-state index contributed by atoms with van der Waals surface area (Å²) in [5, 5.41) is 10.3. The van der Waals surface area contributed by atoms with Crippen molar-refractivity contribution in [3.05, 3.63) is 71.8 Å². The molecule has 0 aliphatic rings. The molecule has 0 spiro atoms. The molecule has 0 aliphatic carbocycles. The molecular formula is C19H16N4O2. The first-order valence-electron chi connectivity index (χ1n) is 7.62. The summed E-state index contributed by atoms with van der Waals surface area (Å²) in [4.78, 5) is 24.1. The summed E-state index contributed by atoms with van der Waals surface area (Å²) < 4.78 is 0. The van der Waals surface area contributed by atoms with Crippen molar-refractivity contribution in [1.82, 2.24) is 4.98 Å². The molecule has 0 fully saturated rings. The van der Waals surface area contributed by atoms with E-state index in [-0.39, 0.29) is 11.5 Å². The zero-order chi connectivity index (χ0) is 17.8. The predicted molar refractivity (Wildman–Crippen MR) is 98.6 cm³/mol. The molecule has 0 bridgehead atoms. The van der Waals surface area contributed by atoms with Crippen LogP contribution < -0.4 is 5.73 Å². The van der Waals surface area contributed by atoms with Crippen LogP contribution in [-0.4, -0.2) is 27.7 Å². The molecule has 2 aromatic carbocycles. The average Bonchev–Trinajstić information content (AvgIpc) is 2.61. The molecular weight excluding hydrogens is 316 g/mol. The fourth-order valence-corrected chi connectivity index (χ4v) is 2.48. The minimum absolute atomic E-state index is 0.0143. The summed E-state index contributed by atoms with van der Waals surface area (Å²) in [6, 6.07) is 18.0. The largest absolute Gasteiger partial charge is 0.478 e. The monoisotopic (exact) mass is 332 g/mol. The molecule has 3 aromatic rings. The first-order chi connectivity index (χ1) is 12.0. The number of rotatable bonds is 3. The van der Waals surface area contributed by atoms with Crippen LogP contribution in [0.4, 0.5) is 5.82 Å². The number of para-hydroxylation sites is 1. The minimum Gasteiger partial charge on any atom is -0.478 e. The van der Waals surface area contributed by atoms with Gasteiger partial charge in [0.1, 0.15) is 0 Å². The van der Waals surface area contributed by atoms with E-state index >= 15 is 0 Å². The van der Waals surface area contributed by atoms with Gasteiger partial charge in [-0.25, -0.2) is 14.8 Å². The molecule has 0 radical (unpaired) electrons. The molecule has 124 valence electrons. The number of aliphatic imine (C=N–C) groups is 2. The van der Waals surface area contributed by atoms with Crippen molar-refractivity contribution >= 4 is 34.4 Å². The van der Waals surface area contributed by atoms with Gasteiger partial charge >= 0.3 is 5.97 Å². The predicted octanol–water partition coefficient (Wildman–Crippen LogP) is 3.39. The van der Waals surface area contributed by atoms with Gasteiger partial charge in [0, 0.05) is 16.7 Å². The highest BCUT2D eigenvalue weighted by molar-refractivity contribution is 6.11. The minimum atomic E-state index is -1.02. The van der Waals surface area contributed by atoms with Crippen molar-refractivity contribution in [3.8, 4) is 0 Å². The number of nitrogens with zero attached hydrogens (tertiary/aromatic N) is 3. The van der Waals surface area contributed by atoms with Crippen molar-refractivity contribution in [3.63, 3.8) is 0 Å². The summed E-state index contributed by atoms with van der Waals surface area (Å²) in [5.41, 5.74) is 7.84. The van der Waals surface area contributed by atoms with Crippen molar-refractivity contribution in [2.75, 3.05) is 0 Å². The third-order valence-electron chi connectivity index (χ3n) is 3.64. The molecule has 0 saturated heterocycles. The normalized spacial score (nSPS) is 12.4. The van der Waals surface area contributed by atoms with Crippen LogP contribution in [0.1, 0.15) is 22.8 Å². The summed E-state index contributed by atoms with van der Waals surface area (Å²) in [5.74, 6) is -0.559. The molecule has 3 rings (SSSR count). The van der Waals surface area contributed by atoms with E-state index in [1.807, 2.05) is 30.3 Å². The molecule has 3 N–H and O–H groups in total. The lowest BCUT2D eigenvalue weighted by atomic mass is 10.0. The Labute approximate surface area is 144 Å². The number of guanidine groups is 1. The number of fused-ring (bicyclic) bond motifs is 1. The number of hydrogen-bond acceptors (Lipinski definition) is 3. The van der Waals surface area contributed by atoms with Gasteiger partial charge in [0.05, 0.1) is 11.1 Å². The number of carboxylic acid groups (broad SMARTS) is 1. The third kappa shape index (κ3) is 3.69. The van der Waals surface area contributed by atoms with Crippen LogP contribution in [0.3, 0.4) is 0 Å². The number of aromatic nitrogens is 1. The highest BCUT2D eigenvalue weighted by Crippen LogP contribution is 2.17. The maximum Gasteiger partial charge on any atom is 0.336 e. The Balaban J connectivity index is 1.94. The van der Waals surface area contributed by atoms with Crippen LogP contribution in [0.5, 0.6) is 0 Å². The van der Waals surface area contributed by atoms with E-state index in [4.69, 9.17) is 5.73 Å². The first kappa shape index (κ1) is 16.3. The highest BCUT2D eigenvalue weighted by Gasteiger charge is 2.11. The third-order valence-corrected chi connectivity index (χ3v) is 3.64. The fraction of sp³-hybridized carbons (Fsp3) is 0.0526. The van der Waals surface area contributed by atoms with Gasteiger partial charge in [-0.3, -0.25) is 0 Å². The lowest BCUT2D eigenvalue weighted by Gasteiger charge is -2.05. The lowest BCUT2D eigenvalue weighted by Crippen LogP contribution is -2.13. The smallest absolute Gasteiger partial charge is 0.336 e. The Bertz CT molecular complexity index is 1010. The molecule has 0 amide bonds. The Morgan fingerprint density at radius 3 is 2.44 bits per heavy atom. The number of carbonyl (C=O) groups is 1. The van der Waals surface area contributed by atoms with Gasteiger partial charge in [-0.2, -0.15) is 4.99 Å². The lowest BCUT2D eigenvalue weighted by molar-refractivity contribution is 0.0696. The molecule has 0 aliphatic heterocycles. The van der Waals surface area contributed by atoms with Gasteiger partial charge in [-0.1, -0.05) is 36.4 Å². The molecule has 0 saturated carbocycles. The zero-order valence-corrected chi connectivity index (χ0v) is 13.5. The van der Waals surface area contributed by atoms with E-state index in [0.717, 1.165) is 10.9 Å². The molecule has 1 heterocycles. The summed E-state index contributed by atoms with van der Waals surface area (Å²) in [7, 11) is 0. The van der Waals surface area contributed by atoms with E-state index in [9.17, 15) is 9.90 Å². The molecule has 25 heavy (non-hydrogen) atoms. The fourth-order valence-electron chi connectivity index (χ4n) is 2.48. The second-order valence-corrected chi connectivity index (χ2v) is 5.38. The average molecular weight is 332 g/mol. The number of carboxylic acids is 1. The van der Waals surface area contributed by atoms with Gasteiger partial charge in [0.2, 0.25) is 5.96 Å². The number of pyridine rings is 1. The van der Waals surface area contributed by atoms with Crippen molar-refractivity contribution in [2.45, 2.75) is 6.92 Å². The summed E-state index contributed by atoms with van der Waals surface area (Å²) in [6.45, 7) is 1.69.